The molecule has 14 heavy (non-hydrogen) atoms. The summed E-state index contributed by atoms with van der Waals surface area (Å²) < 4.78 is 13.1. The SMILES string of the molecule is C[S@](=O)c1sc(Br)c2c1C(=O)CCC2. The van der Waals surface area contributed by atoms with Crippen molar-refractivity contribution in [3.8, 4) is 0 Å². The van der Waals surface area contributed by atoms with Crippen LogP contribution in [0.1, 0.15) is 28.8 Å². The van der Waals surface area contributed by atoms with Crippen molar-refractivity contribution in [1.82, 2.24) is 0 Å². The fourth-order valence-corrected chi connectivity index (χ4v) is 4.95. The molecule has 0 saturated carbocycles. The molecule has 0 aliphatic heterocycles. The number of ketones is 1. The van der Waals surface area contributed by atoms with Crippen LogP contribution in [0.5, 0.6) is 0 Å². The number of carbonyl (C=O) groups is 1. The Hall–Kier alpha value is -0.0000000000000000555. The molecule has 0 amide bonds. The van der Waals surface area contributed by atoms with Gasteiger partial charge in [-0.25, -0.2) is 0 Å². The highest BCUT2D eigenvalue weighted by atomic mass is 79.9. The maximum absolute atomic E-state index is 11.7. The third-order valence-corrected chi connectivity index (χ3v) is 5.76. The largest absolute Gasteiger partial charge is 0.294 e. The maximum atomic E-state index is 11.7. The zero-order chi connectivity index (χ0) is 10.3. The second-order valence-electron chi connectivity index (χ2n) is 3.25. The summed E-state index contributed by atoms with van der Waals surface area (Å²) in [5.41, 5.74) is 1.80. The maximum Gasteiger partial charge on any atom is 0.165 e. The third kappa shape index (κ3) is 1.61. The molecular formula is C9H9BrO2S2. The first-order valence-corrected chi connectivity index (χ1v) is 7.46. The van der Waals surface area contributed by atoms with E-state index in [0.717, 1.165) is 32.0 Å². The second kappa shape index (κ2) is 3.87. The Balaban J connectivity index is 2.65. The van der Waals surface area contributed by atoms with Crippen molar-refractivity contribution in [2.45, 2.75) is 23.5 Å². The molecule has 0 N–H and O–H groups in total. The second-order valence-corrected chi connectivity index (χ2v) is 7.16. The van der Waals surface area contributed by atoms with Gasteiger partial charge < -0.3 is 0 Å². The molecule has 0 spiro atoms. The van der Waals surface area contributed by atoms with E-state index in [1.165, 1.54) is 11.3 Å². The average Bonchev–Trinajstić information content (AvgIpc) is 2.46. The van der Waals surface area contributed by atoms with Crippen molar-refractivity contribution >= 4 is 43.8 Å². The van der Waals surface area contributed by atoms with Crippen molar-refractivity contribution in [3.05, 3.63) is 14.9 Å². The van der Waals surface area contributed by atoms with Gasteiger partial charge in [-0.1, -0.05) is 0 Å². The highest BCUT2D eigenvalue weighted by molar-refractivity contribution is 9.11. The van der Waals surface area contributed by atoms with Crippen molar-refractivity contribution in [2.75, 3.05) is 6.26 Å². The summed E-state index contributed by atoms with van der Waals surface area (Å²) in [6.45, 7) is 0. The molecule has 2 nitrogen and oxygen atoms in total. The Morgan fingerprint density at radius 2 is 2.14 bits per heavy atom. The number of fused-ring (bicyclic) bond motifs is 1. The summed E-state index contributed by atoms with van der Waals surface area (Å²) in [7, 11) is -1.05. The van der Waals surface area contributed by atoms with E-state index in [0.29, 0.717) is 6.42 Å². The molecule has 5 heteroatoms. The van der Waals surface area contributed by atoms with Crippen molar-refractivity contribution in [3.63, 3.8) is 0 Å². The average molecular weight is 293 g/mol. The molecule has 1 aliphatic carbocycles. The Kier molecular flexibility index (Phi) is 2.91. The summed E-state index contributed by atoms with van der Waals surface area (Å²) in [6.07, 6.45) is 4.06. The number of hydrogen-bond acceptors (Lipinski definition) is 3. The first-order valence-electron chi connectivity index (χ1n) is 4.29. The predicted octanol–water partition coefficient (Wildman–Crippen LogP) is 2.77. The fourth-order valence-electron chi connectivity index (χ4n) is 1.67. The molecule has 0 fully saturated rings. The molecule has 1 aromatic heterocycles. The predicted molar refractivity (Wildman–Crippen MR) is 61.6 cm³/mol. The van der Waals surface area contributed by atoms with Gasteiger partial charge in [-0.2, -0.15) is 0 Å². The van der Waals surface area contributed by atoms with Gasteiger partial charge in [-0.3, -0.25) is 9.00 Å². The lowest BCUT2D eigenvalue weighted by Gasteiger charge is -2.11. The van der Waals surface area contributed by atoms with Gasteiger partial charge in [0.1, 0.15) is 4.21 Å². The molecule has 1 aliphatic rings. The minimum absolute atomic E-state index is 0.151. The smallest absolute Gasteiger partial charge is 0.165 e. The third-order valence-electron chi connectivity index (χ3n) is 2.30. The highest BCUT2D eigenvalue weighted by Crippen LogP contribution is 2.39. The number of thiophene rings is 1. The molecule has 0 unspecified atom stereocenters. The Labute approximate surface area is 97.3 Å². The molecule has 0 bridgehead atoms. The van der Waals surface area contributed by atoms with Crippen LogP contribution in [0.25, 0.3) is 0 Å². The van der Waals surface area contributed by atoms with E-state index in [1.807, 2.05) is 0 Å². The van der Waals surface area contributed by atoms with Gasteiger partial charge in [-0.05, 0) is 34.3 Å². The normalized spacial score (nSPS) is 18.0. The van der Waals surface area contributed by atoms with Gasteiger partial charge in [0.2, 0.25) is 0 Å². The highest BCUT2D eigenvalue weighted by Gasteiger charge is 2.27. The number of rotatable bonds is 1. The van der Waals surface area contributed by atoms with Gasteiger partial charge in [-0.15, -0.1) is 11.3 Å². The topological polar surface area (TPSA) is 34.1 Å². The summed E-state index contributed by atoms with van der Waals surface area (Å²) in [4.78, 5) is 11.7. The quantitative estimate of drug-likeness (QED) is 0.798. The summed E-state index contributed by atoms with van der Waals surface area (Å²) >= 11 is 4.87. The van der Waals surface area contributed by atoms with Crippen LogP contribution in [0.4, 0.5) is 0 Å². The lowest BCUT2D eigenvalue weighted by Crippen LogP contribution is -2.10. The van der Waals surface area contributed by atoms with Crippen LogP contribution in [0.15, 0.2) is 8.00 Å². The van der Waals surface area contributed by atoms with E-state index in [-0.39, 0.29) is 5.78 Å². The summed E-state index contributed by atoms with van der Waals surface area (Å²) in [5.74, 6) is 0.151. The molecule has 2 rings (SSSR count). The van der Waals surface area contributed by atoms with E-state index in [2.05, 4.69) is 15.9 Å². The van der Waals surface area contributed by atoms with Crippen molar-refractivity contribution < 1.29 is 9.00 Å². The number of hydrogen-bond donors (Lipinski definition) is 0. The molecule has 0 aromatic carbocycles. The minimum Gasteiger partial charge on any atom is -0.294 e. The Morgan fingerprint density at radius 1 is 1.43 bits per heavy atom. The Bertz CT molecular complexity index is 423. The zero-order valence-corrected chi connectivity index (χ0v) is 10.9. The van der Waals surface area contributed by atoms with Gasteiger partial charge in [0.05, 0.1) is 14.6 Å². The van der Waals surface area contributed by atoms with Crippen LogP contribution in [0.2, 0.25) is 0 Å². The van der Waals surface area contributed by atoms with Gasteiger partial charge in [0.25, 0.3) is 0 Å². The van der Waals surface area contributed by atoms with Gasteiger partial charge in [0.15, 0.2) is 5.78 Å². The summed E-state index contributed by atoms with van der Waals surface area (Å²) in [6, 6.07) is 0. The first kappa shape index (κ1) is 10.5. The van der Waals surface area contributed by atoms with E-state index < -0.39 is 10.8 Å². The lowest BCUT2D eigenvalue weighted by molar-refractivity contribution is 0.0970. The Morgan fingerprint density at radius 3 is 2.79 bits per heavy atom. The lowest BCUT2D eigenvalue weighted by atomic mass is 9.95. The van der Waals surface area contributed by atoms with E-state index >= 15 is 0 Å². The molecule has 0 saturated heterocycles. The van der Waals surface area contributed by atoms with Crippen LogP contribution in [0.3, 0.4) is 0 Å². The monoisotopic (exact) mass is 292 g/mol. The number of carbonyl (C=O) groups excluding carboxylic acids is 1. The standard InChI is InChI=1S/C9H9BrO2S2/c1-14(12)9-7-5(8(10)13-9)3-2-4-6(7)11/h2-4H2,1H3/t14-/m0/s1. The van der Waals surface area contributed by atoms with Crippen LogP contribution in [-0.4, -0.2) is 16.2 Å². The molecule has 1 atom stereocenters. The van der Waals surface area contributed by atoms with Crippen LogP contribution < -0.4 is 0 Å². The molecule has 0 radical (unpaired) electrons. The number of halogens is 1. The first-order chi connectivity index (χ1) is 6.61. The van der Waals surface area contributed by atoms with E-state index in [9.17, 15) is 9.00 Å². The molecular weight excluding hydrogens is 284 g/mol. The minimum atomic E-state index is -1.05. The van der Waals surface area contributed by atoms with Crippen molar-refractivity contribution in [1.29, 1.82) is 0 Å². The van der Waals surface area contributed by atoms with E-state index in [4.69, 9.17) is 0 Å². The van der Waals surface area contributed by atoms with Crippen LogP contribution in [0, 0.1) is 0 Å². The van der Waals surface area contributed by atoms with Crippen LogP contribution >= 0.6 is 27.3 Å². The molecule has 1 aromatic rings. The summed E-state index contributed by atoms with van der Waals surface area (Å²) in [5, 5.41) is 0. The number of Topliss-reactive ketones (excluding diaryl/α,β-unsaturated/α-hetero) is 1. The van der Waals surface area contributed by atoms with Crippen molar-refractivity contribution in [2.24, 2.45) is 0 Å². The van der Waals surface area contributed by atoms with Crippen LogP contribution in [-0.2, 0) is 17.2 Å². The van der Waals surface area contributed by atoms with E-state index in [1.54, 1.807) is 6.26 Å². The molecule has 76 valence electrons. The fraction of sp³-hybridized carbons (Fsp3) is 0.444. The zero-order valence-electron chi connectivity index (χ0n) is 7.63. The van der Waals surface area contributed by atoms with Gasteiger partial charge >= 0.3 is 0 Å². The molecule has 1 heterocycles. The van der Waals surface area contributed by atoms with Gasteiger partial charge in [0, 0.05) is 18.2 Å².